The fraction of sp³-hybridized carbons (Fsp3) is 1.00. The molecule has 0 N–H and O–H groups in total. The SMILES string of the molecule is CC1(C)CCCC2(C)C(CO[Si](C)(C)C(C)(C)C)C3CCC2C31. The van der Waals surface area contributed by atoms with E-state index in [4.69, 9.17) is 4.43 Å². The standard InChI is InChI=1S/C21H40OSi/c1-19(2,3)23(7,8)22-14-17-15-10-11-16-18(15)20(4,5)12-9-13-21(16,17)6/h15-18H,9-14H2,1-8H3. The highest BCUT2D eigenvalue weighted by molar-refractivity contribution is 6.74. The van der Waals surface area contributed by atoms with Crippen LogP contribution in [0.4, 0.5) is 0 Å². The Morgan fingerprint density at radius 2 is 1.70 bits per heavy atom. The van der Waals surface area contributed by atoms with Gasteiger partial charge in [-0.15, -0.1) is 0 Å². The Kier molecular flexibility index (Phi) is 4.17. The van der Waals surface area contributed by atoms with Crippen molar-refractivity contribution >= 4 is 8.32 Å². The second-order valence-corrected chi connectivity index (χ2v) is 16.2. The Morgan fingerprint density at radius 3 is 2.30 bits per heavy atom. The first kappa shape index (κ1) is 18.0. The van der Waals surface area contributed by atoms with Crippen LogP contribution in [0, 0.1) is 34.5 Å². The molecule has 3 saturated carbocycles. The molecule has 23 heavy (non-hydrogen) atoms. The molecule has 3 fully saturated rings. The Bertz CT molecular complexity index is 461. The van der Waals surface area contributed by atoms with Crippen molar-refractivity contribution in [3.05, 3.63) is 0 Å². The number of rotatable bonds is 3. The lowest BCUT2D eigenvalue weighted by Crippen LogP contribution is -2.45. The molecule has 0 aromatic carbocycles. The van der Waals surface area contributed by atoms with Crippen LogP contribution in [0.25, 0.3) is 0 Å². The van der Waals surface area contributed by atoms with Gasteiger partial charge in [0.15, 0.2) is 8.32 Å². The Morgan fingerprint density at radius 1 is 1.04 bits per heavy atom. The van der Waals surface area contributed by atoms with Crippen LogP contribution in [-0.2, 0) is 4.43 Å². The monoisotopic (exact) mass is 336 g/mol. The van der Waals surface area contributed by atoms with E-state index < -0.39 is 8.32 Å². The van der Waals surface area contributed by atoms with Gasteiger partial charge in [-0.05, 0) is 78.3 Å². The smallest absolute Gasteiger partial charge is 0.191 e. The molecule has 0 heterocycles. The van der Waals surface area contributed by atoms with E-state index in [-0.39, 0.29) is 0 Å². The van der Waals surface area contributed by atoms with E-state index in [1.165, 1.54) is 32.1 Å². The summed E-state index contributed by atoms with van der Waals surface area (Å²) in [6.07, 6.45) is 7.28. The van der Waals surface area contributed by atoms with Crippen molar-refractivity contribution in [2.45, 2.75) is 91.8 Å². The molecule has 0 saturated heterocycles. The molecule has 0 aromatic heterocycles. The average Bonchev–Trinajstić information content (AvgIpc) is 2.87. The zero-order valence-electron chi connectivity index (χ0n) is 17.0. The summed E-state index contributed by atoms with van der Waals surface area (Å²) in [4.78, 5) is 0. The molecule has 1 nitrogen and oxygen atoms in total. The summed E-state index contributed by atoms with van der Waals surface area (Å²) in [5.74, 6) is 3.69. The molecule has 2 heteroatoms. The van der Waals surface area contributed by atoms with Gasteiger partial charge in [-0.3, -0.25) is 0 Å². The van der Waals surface area contributed by atoms with Gasteiger partial charge in [0, 0.05) is 6.61 Å². The molecule has 0 aliphatic heterocycles. The minimum absolute atomic E-state index is 0.330. The quantitative estimate of drug-likeness (QED) is 0.535. The number of hydrogen-bond donors (Lipinski definition) is 0. The first-order valence-corrected chi connectivity index (χ1v) is 12.9. The predicted molar refractivity (Wildman–Crippen MR) is 102 cm³/mol. The Balaban J connectivity index is 1.82. The van der Waals surface area contributed by atoms with Gasteiger partial charge in [0.1, 0.15) is 0 Å². The summed E-state index contributed by atoms with van der Waals surface area (Å²) in [6, 6.07) is 0. The van der Waals surface area contributed by atoms with Gasteiger partial charge in [-0.2, -0.15) is 0 Å². The van der Waals surface area contributed by atoms with Gasteiger partial charge < -0.3 is 4.43 Å². The summed E-state index contributed by atoms with van der Waals surface area (Å²) in [6.45, 7) is 20.7. The molecule has 4 bridgehead atoms. The largest absolute Gasteiger partial charge is 0.417 e. The Labute approximate surface area is 146 Å². The van der Waals surface area contributed by atoms with Gasteiger partial charge in [-0.1, -0.05) is 48.0 Å². The van der Waals surface area contributed by atoms with E-state index in [9.17, 15) is 0 Å². The van der Waals surface area contributed by atoms with Crippen molar-refractivity contribution in [3.63, 3.8) is 0 Å². The van der Waals surface area contributed by atoms with Gasteiger partial charge in [-0.25, -0.2) is 0 Å². The van der Waals surface area contributed by atoms with E-state index in [1.807, 2.05) is 0 Å². The van der Waals surface area contributed by atoms with Crippen LogP contribution < -0.4 is 0 Å². The van der Waals surface area contributed by atoms with Gasteiger partial charge in [0.25, 0.3) is 0 Å². The fourth-order valence-electron chi connectivity index (χ4n) is 6.40. The zero-order chi connectivity index (χ0) is 17.3. The molecule has 0 radical (unpaired) electrons. The summed E-state index contributed by atoms with van der Waals surface area (Å²) in [5, 5.41) is 0.330. The molecule has 5 atom stereocenters. The van der Waals surface area contributed by atoms with Gasteiger partial charge >= 0.3 is 0 Å². The minimum atomic E-state index is -1.63. The molecule has 3 aliphatic rings. The third-order valence-electron chi connectivity index (χ3n) is 8.79. The lowest BCUT2D eigenvalue weighted by atomic mass is 9.65. The minimum Gasteiger partial charge on any atom is -0.417 e. The van der Waals surface area contributed by atoms with Crippen molar-refractivity contribution in [1.82, 2.24) is 0 Å². The highest BCUT2D eigenvalue weighted by atomic mass is 28.4. The third-order valence-corrected chi connectivity index (χ3v) is 13.3. The molecule has 0 amide bonds. The lowest BCUT2D eigenvalue weighted by Gasteiger charge is -2.44. The van der Waals surface area contributed by atoms with Crippen LogP contribution in [0.1, 0.15) is 73.6 Å². The molecule has 3 rings (SSSR count). The maximum atomic E-state index is 6.75. The zero-order valence-corrected chi connectivity index (χ0v) is 18.0. The van der Waals surface area contributed by atoms with E-state index in [2.05, 4.69) is 54.6 Å². The van der Waals surface area contributed by atoms with E-state index in [0.29, 0.717) is 15.9 Å². The van der Waals surface area contributed by atoms with Crippen molar-refractivity contribution in [1.29, 1.82) is 0 Å². The second-order valence-electron chi connectivity index (χ2n) is 11.4. The van der Waals surface area contributed by atoms with Crippen molar-refractivity contribution in [3.8, 4) is 0 Å². The van der Waals surface area contributed by atoms with Gasteiger partial charge in [0.2, 0.25) is 0 Å². The van der Waals surface area contributed by atoms with Crippen LogP contribution in [0.3, 0.4) is 0 Å². The molecular formula is C21H40OSi. The third kappa shape index (κ3) is 2.67. The summed E-state index contributed by atoms with van der Waals surface area (Å²) in [5.41, 5.74) is 1.11. The summed E-state index contributed by atoms with van der Waals surface area (Å²) in [7, 11) is -1.63. The van der Waals surface area contributed by atoms with E-state index in [1.54, 1.807) is 0 Å². The number of hydrogen-bond acceptors (Lipinski definition) is 1. The molecule has 0 spiro atoms. The maximum Gasteiger partial charge on any atom is 0.191 e. The lowest BCUT2D eigenvalue weighted by molar-refractivity contribution is 0.0413. The normalized spacial score (nSPS) is 42.8. The molecular weight excluding hydrogens is 296 g/mol. The molecule has 3 aliphatic carbocycles. The van der Waals surface area contributed by atoms with Crippen LogP contribution in [0.5, 0.6) is 0 Å². The fourth-order valence-corrected chi connectivity index (χ4v) is 7.43. The molecule has 5 unspecified atom stereocenters. The van der Waals surface area contributed by atoms with E-state index >= 15 is 0 Å². The first-order valence-electron chi connectivity index (χ1n) is 10.0. The second kappa shape index (κ2) is 5.33. The summed E-state index contributed by atoms with van der Waals surface area (Å²) < 4.78 is 6.75. The Hall–Kier alpha value is 0.177. The van der Waals surface area contributed by atoms with Crippen LogP contribution in [0.15, 0.2) is 0 Å². The maximum absolute atomic E-state index is 6.75. The molecule has 0 aromatic rings. The predicted octanol–water partition coefficient (Wildman–Crippen LogP) is 6.50. The van der Waals surface area contributed by atoms with Crippen molar-refractivity contribution < 1.29 is 4.43 Å². The summed E-state index contributed by atoms with van der Waals surface area (Å²) >= 11 is 0. The topological polar surface area (TPSA) is 9.23 Å². The highest BCUT2D eigenvalue weighted by Crippen LogP contribution is 2.70. The molecule has 134 valence electrons. The van der Waals surface area contributed by atoms with Gasteiger partial charge in [0.05, 0.1) is 0 Å². The van der Waals surface area contributed by atoms with Crippen LogP contribution in [-0.4, -0.2) is 14.9 Å². The van der Waals surface area contributed by atoms with E-state index in [0.717, 1.165) is 30.3 Å². The van der Waals surface area contributed by atoms with Crippen LogP contribution in [0.2, 0.25) is 18.1 Å². The average molecular weight is 337 g/mol. The van der Waals surface area contributed by atoms with Crippen molar-refractivity contribution in [2.75, 3.05) is 6.61 Å². The van der Waals surface area contributed by atoms with Crippen LogP contribution >= 0.6 is 0 Å². The first-order chi connectivity index (χ1) is 10.4. The highest BCUT2D eigenvalue weighted by Gasteiger charge is 2.64. The van der Waals surface area contributed by atoms with Crippen molar-refractivity contribution in [2.24, 2.45) is 34.5 Å².